The van der Waals surface area contributed by atoms with Crippen LogP contribution in [0.2, 0.25) is 0 Å². The standard InChI is InChI=1S/C18H17F3N2O4S/c1-2-27-11-6-3-5-10(9-11)14-13(15(24)12-7-4-8-28-12)17(26,18(19,20)21)23-16(25)22-14/h3-9,13-14,26H,2H2,1H3,(H2,22,23,25)/t13-,14+,17+/m0/s1. The normalized spacial score (nSPS) is 25.0. The van der Waals surface area contributed by atoms with Crippen molar-refractivity contribution < 1.29 is 32.6 Å². The van der Waals surface area contributed by atoms with Crippen molar-refractivity contribution in [3.05, 3.63) is 52.2 Å². The molecule has 3 N–H and O–H groups in total. The first-order valence-electron chi connectivity index (χ1n) is 8.35. The number of ether oxygens (including phenoxy) is 1. The van der Waals surface area contributed by atoms with E-state index in [4.69, 9.17) is 4.74 Å². The number of alkyl halides is 3. The van der Waals surface area contributed by atoms with Crippen LogP contribution >= 0.6 is 11.3 Å². The first-order chi connectivity index (χ1) is 13.2. The lowest BCUT2D eigenvalue weighted by atomic mass is 9.78. The molecule has 0 bridgehead atoms. The zero-order valence-electron chi connectivity index (χ0n) is 14.6. The van der Waals surface area contributed by atoms with Crippen molar-refractivity contribution in [2.75, 3.05) is 6.61 Å². The quantitative estimate of drug-likeness (QED) is 0.656. The predicted molar refractivity (Wildman–Crippen MR) is 95.2 cm³/mol. The molecule has 150 valence electrons. The summed E-state index contributed by atoms with van der Waals surface area (Å²) >= 11 is 0.952. The molecule has 3 atom stereocenters. The molecule has 0 saturated carbocycles. The summed E-state index contributed by atoms with van der Waals surface area (Å²) in [4.78, 5) is 24.9. The second-order valence-corrected chi connectivity index (χ2v) is 7.11. The topological polar surface area (TPSA) is 87.7 Å². The minimum Gasteiger partial charge on any atom is -0.494 e. The van der Waals surface area contributed by atoms with Gasteiger partial charge in [-0.2, -0.15) is 13.2 Å². The second-order valence-electron chi connectivity index (χ2n) is 6.16. The number of urea groups is 1. The van der Waals surface area contributed by atoms with Crippen molar-refractivity contribution in [1.82, 2.24) is 10.6 Å². The van der Waals surface area contributed by atoms with Gasteiger partial charge in [0.1, 0.15) is 11.7 Å². The Morgan fingerprint density at radius 3 is 2.68 bits per heavy atom. The van der Waals surface area contributed by atoms with Crippen LogP contribution in [-0.4, -0.2) is 35.4 Å². The van der Waals surface area contributed by atoms with Gasteiger partial charge in [-0.1, -0.05) is 18.2 Å². The summed E-state index contributed by atoms with van der Waals surface area (Å²) in [7, 11) is 0. The van der Waals surface area contributed by atoms with Crippen LogP contribution in [0, 0.1) is 5.92 Å². The van der Waals surface area contributed by atoms with Gasteiger partial charge in [0, 0.05) is 0 Å². The van der Waals surface area contributed by atoms with Gasteiger partial charge < -0.3 is 20.5 Å². The predicted octanol–water partition coefficient (Wildman–Crippen LogP) is 3.25. The van der Waals surface area contributed by atoms with Crippen molar-refractivity contribution in [3.63, 3.8) is 0 Å². The van der Waals surface area contributed by atoms with Gasteiger partial charge in [0.15, 0.2) is 5.78 Å². The highest BCUT2D eigenvalue weighted by atomic mass is 32.1. The molecule has 0 radical (unpaired) electrons. The van der Waals surface area contributed by atoms with Crippen LogP contribution in [0.1, 0.15) is 28.2 Å². The van der Waals surface area contributed by atoms with Gasteiger partial charge in [-0.15, -0.1) is 11.3 Å². The van der Waals surface area contributed by atoms with Crippen LogP contribution in [0.5, 0.6) is 5.75 Å². The largest absolute Gasteiger partial charge is 0.494 e. The molecule has 0 aliphatic carbocycles. The minimum absolute atomic E-state index is 0.0385. The molecule has 1 saturated heterocycles. The second kappa shape index (κ2) is 7.44. The molecule has 0 spiro atoms. The third-order valence-electron chi connectivity index (χ3n) is 4.38. The molecular formula is C18H17F3N2O4S. The number of Topliss-reactive ketones (excluding diaryl/α,β-unsaturated/α-hetero) is 1. The van der Waals surface area contributed by atoms with Crippen LogP contribution in [0.4, 0.5) is 18.0 Å². The summed E-state index contributed by atoms with van der Waals surface area (Å²) in [6.07, 6.45) is -5.28. The fraction of sp³-hybridized carbons (Fsp3) is 0.333. The number of nitrogens with one attached hydrogen (secondary N) is 2. The van der Waals surface area contributed by atoms with Gasteiger partial charge in [0.05, 0.1) is 17.5 Å². The van der Waals surface area contributed by atoms with Crippen molar-refractivity contribution >= 4 is 23.2 Å². The molecule has 1 aliphatic rings. The SMILES string of the molecule is CCOc1cccc([C@H]2NC(=O)N[C@](O)(C(F)(F)F)[C@@H]2C(=O)c2cccs2)c1. The monoisotopic (exact) mass is 414 g/mol. The van der Waals surface area contributed by atoms with E-state index >= 15 is 0 Å². The average Bonchev–Trinajstić information content (AvgIpc) is 3.15. The van der Waals surface area contributed by atoms with E-state index in [2.05, 4.69) is 5.32 Å². The van der Waals surface area contributed by atoms with E-state index < -0.39 is 35.7 Å². The molecule has 1 aromatic heterocycles. The lowest BCUT2D eigenvalue weighted by molar-refractivity contribution is -0.287. The molecule has 10 heteroatoms. The molecule has 0 unspecified atom stereocenters. The smallest absolute Gasteiger partial charge is 0.437 e. The molecule has 1 aromatic carbocycles. The molecule has 2 heterocycles. The maximum absolute atomic E-state index is 13.8. The molecule has 1 aliphatic heterocycles. The van der Waals surface area contributed by atoms with Crippen molar-refractivity contribution in [3.8, 4) is 5.75 Å². The number of amides is 2. The van der Waals surface area contributed by atoms with E-state index in [9.17, 15) is 27.9 Å². The third-order valence-corrected chi connectivity index (χ3v) is 5.27. The molecule has 6 nitrogen and oxygen atoms in total. The Labute approximate surface area is 162 Å². The summed E-state index contributed by atoms with van der Waals surface area (Å²) in [5.74, 6) is -2.61. The number of rotatable bonds is 5. The summed E-state index contributed by atoms with van der Waals surface area (Å²) in [5.41, 5.74) is -3.53. The number of benzene rings is 1. The third kappa shape index (κ3) is 3.57. The van der Waals surface area contributed by atoms with Crippen molar-refractivity contribution in [2.24, 2.45) is 5.92 Å². The Bertz CT molecular complexity index is 872. The number of carbonyl (C=O) groups is 2. The number of carbonyl (C=O) groups excluding carboxylic acids is 2. The Kier molecular flexibility index (Phi) is 5.35. The number of thiophene rings is 1. The molecule has 3 rings (SSSR count). The number of hydrogen-bond donors (Lipinski definition) is 3. The van der Waals surface area contributed by atoms with Crippen LogP contribution in [0.15, 0.2) is 41.8 Å². The van der Waals surface area contributed by atoms with E-state index in [1.807, 2.05) is 0 Å². The number of halogens is 3. The Morgan fingerprint density at radius 2 is 2.07 bits per heavy atom. The van der Waals surface area contributed by atoms with E-state index in [0.717, 1.165) is 11.3 Å². The van der Waals surface area contributed by atoms with Crippen LogP contribution in [-0.2, 0) is 0 Å². The Balaban J connectivity index is 2.13. The molecule has 28 heavy (non-hydrogen) atoms. The number of ketones is 1. The van der Waals surface area contributed by atoms with Gasteiger partial charge in [-0.3, -0.25) is 4.79 Å². The zero-order valence-corrected chi connectivity index (χ0v) is 15.4. The summed E-state index contributed by atoms with van der Waals surface area (Å²) in [6.45, 7) is 2.07. The maximum Gasteiger partial charge on any atom is 0.437 e. The fourth-order valence-corrected chi connectivity index (χ4v) is 3.86. The van der Waals surface area contributed by atoms with E-state index in [0.29, 0.717) is 12.4 Å². The average molecular weight is 414 g/mol. The van der Waals surface area contributed by atoms with Gasteiger partial charge >= 0.3 is 12.2 Å². The van der Waals surface area contributed by atoms with E-state index in [1.165, 1.54) is 35.6 Å². The first-order valence-corrected chi connectivity index (χ1v) is 9.23. The fourth-order valence-electron chi connectivity index (χ4n) is 3.15. The zero-order chi connectivity index (χ0) is 20.5. The van der Waals surface area contributed by atoms with E-state index in [-0.39, 0.29) is 10.4 Å². The Morgan fingerprint density at radius 1 is 1.32 bits per heavy atom. The van der Waals surface area contributed by atoms with Gasteiger partial charge in [0.2, 0.25) is 5.72 Å². The first kappa shape index (κ1) is 20.2. The summed E-state index contributed by atoms with van der Waals surface area (Å²) in [6, 6.07) is 6.26. The molecule has 2 aromatic rings. The van der Waals surface area contributed by atoms with Crippen LogP contribution in [0.3, 0.4) is 0 Å². The lowest BCUT2D eigenvalue weighted by Gasteiger charge is -2.44. The lowest BCUT2D eigenvalue weighted by Crippen LogP contribution is -2.72. The van der Waals surface area contributed by atoms with Crippen LogP contribution < -0.4 is 15.4 Å². The number of aliphatic hydroxyl groups is 1. The van der Waals surface area contributed by atoms with Gasteiger partial charge in [-0.05, 0) is 36.1 Å². The Hall–Kier alpha value is -2.59. The summed E-state index contributed by atoms with van der Waals surface area (Å²) in [5, 5.41) is 15.8. The summed E-state index contributed by atoms with van der Waals surface area (Å²) < 4.78 is 46.7. The molecule has 1 fully saturated rings. The number of hydrogen-bond acceptors (Lipinski definition) is 5. The van der Waals surface area contributed by atoms with Gasteiger partial charge in [0.25, 0.3) is 0 Å². The van der Waals surface area contributed by atoms with Crippen LogP contribution in [0.25, 0.3) is 0 Å². The minimum atomic E-state index is -5.28. The van der Waals surface area contributed by atoms with Gasteiger partial charge in [-0.25, -0.2) is 4.79 Å². The highest BCUT2D eigenvalue weighted by Crippen LogP contribution is 2.44. The van der Waals surface area contributed by atoms with Crippen molar-refractivity contribution in [1.29, 1.82) is 0 Å². The highest BCUT2D eigenvalue weighted by Gasteiger charge is 2.66. The highest BCUT2D eigenvalue weighted by molar-refractivity contribution is 7.12. The van der Waals surface area contributed by atoms with E-state index in [1.54, 1.807) is 18.4 Å². The molecule has 2 amide bonds. The van der Waals surface area contributed by atoms with Crippen molar-refractivity contribution in [2.45, 2.75) is 24.9 Å². The molecular weight excluding hydrogens is 397 g/mol. The maximum atomic E-state index is 13.8.